The summed E-state index contributed by atoms with van der Waals surface area (Å²) in [5.41, 5.74) is 0.248. The Morgan fingerprint density at radius 2 is 2.00 bits per heavy atom. The van der Waals surface area contributed by atoms with E-state index >= 15 is 0 Å². The average Bonchev–Trinajstić information content (AvgIpc) is 2.46. The monoisotopic (exact) mass is 338 g/mol. The topological polar surface area (TPSA) is 67.4 Å². The number of hydrogen-bond acceptors (Lipinski definition) is 4. The number of rotatable bonds is 6. The molecule has 2 rings (SSSR count). The highest BCUT2D eigenvalue weighted by molar-refractivity contribution is 7.89. The van der Waals surface area contributed by atoms with Crippen molar-refractivity contribution in [2.75, 3.05) is 6.54 Å². The van der Waals surface area contributed by atoms with E-state index in [-0.39, 0.29) is 6.10 Å². The summed E-state index contributed by atoms with van der Waals surface area (Å²) in [5.74, 6) is 0. The first-order valence-electron chi connectivity index (χ1n) is 7.91. The summed E-state index contributed by atoms with van der Waals surface area (Å²) in [6.07, 6.45) is 5.90. The van der Waals surface area contributed by atoms with E-state index in [0.29, 0.717) is 18.0 Å². The van der Waals surface area contributed by atoms with Gasteiger partial charge >= 0.3 is 0 Å². The lowest BCUT2D eigenvalue weighted by atomic mass is 10.1. The minimum Gasteiger partial charge on any atom is -0.497 e. The summed E-state index contributed by atoms with van der Waals surface area (Å²) in [6.45, 7) is 6.69. The van der Waals surface area contributed by atoms with Crippen LogP contribution in [0.3, 0.4) is 0 Å². The fourth-order valence-corrected chi connectivity index (χ4v) is 4.13. The highest BCUT2D eigenvalue weighted by Gasteiger charge is 2.24. The summed E-state index contributed by atoms with van der Waals surface area (Å²) in [7, 11) is -3.54. The molecule has 0 saturated carbocycles. The molecule has 1 aliphatic rings. The maximum absolute atomic E-state index is 12.6. The maximum atomic E-state index is 12.6. The zero-order valence-electron chi connectivity index (χ0n) is 14.0. The third-order valence-corrected chi connectivity index (χ3v) is 5.27. The molecule has 128 valence electrons. The molecule has 0 aliphatic carbocycles. The van der Waals surface area contributed by atoms with Gasteiger partial charge in [-0.3, -0.25) is 0 Å². The molecular weight excluding hydrogens is 312 g/mol. The lowest BCUT2D eigenvalue weighted by Gasteiger charge is -2.22. The molecule has 1 heterocycles. The summed E-state index contributed by atoms with van der Waals surface area (Å²) >= 11 is 0. The summed E-state index contributed by atoms with van der Waals surface area (Å²) in [5, 5.41) is 3.30. The van der Waals surface area contributed by atoms with E-state index in [9.17, 15) is 8.42 Å². The van der Waals surface area contributed by atoms with Gasteiger partial charge in [-0.15, -0.1) is 0 Å². The first kappa shape index (κ1) is 18.0. The Balaban J connectivity index is 2.04. The maximum Gasteiger partial charge on any atom is 0.241 e. The predicted octanol–water partition coefficient (Wildman–Crippen LogP) is 2.55. The van der Waals surface area contributed by atoms with Crippen LogP contribution in [0.1, 0.15) is 39.2 Å². The fraction of sp³-hybridized carbons (Fsp3) is 0.529. The largest absolute Gasteiger partial charge is 0.497 e. The molecule has 2 N–H and O–H groups in total. The van der Waals surface area contributed by atoms with Crippen molar-refractivity contribution in [3.8, 4) is 0 Å². The van der Waals surface area contributed by atoms with Crippen LogP contribution in [-0.4, -0.2) is 26.6 Å². The van der Waals surface area contributed by atoms with E-state index in [1.807, 2.05) is 39.0 Å². The van der Waals surface area contributed by atoms with Crippen LogP contribution in [0.4, 0.5) is 0 Å². The van der Waals surface area contributed by atoms with Crippen molar-refractivity contribution >= 4 is 10.0 Å². The predicted molar refractivity (Wildman–Crippen MR) is 91.5 cm³/mol. The summed E-state index contributed by atoms with van der Waals surface area (Å²) in [6, 6.07) is 7.08. The van der Waals surface area contributed by atoms with Gasteiger partial charge in [0.15, 0.2) is 0 Å². The van der Waals surface area contributed by atoms with Crippen LogP contribution in [0.5, 0.6) is 0 Å². The first-order valence-corrected chi connectivity index (χ1v) is 9.39. The Morgan fingerprint density at radius 3 is 2.65 bits per heavy atom. The van der Waals surface area contributed by atoms with Gasteiger partial charge in [0.2, 0.25) is 10.0 Å². The minimum atomic E-state index is -3.54. The van der Waals surface area contributed by atoms with E-state index in [4.69, 9.17) is 4.74 Å². The van der Waals surface area contributed by atoms with E-state index < -0.39 is 15.6 Å². The highest BCUT2D eigenvalue weighted by atomic mass is 32.2. The molecule has 0 unspecified atom stereocenters. The molecule has 1 aromatic carbocycles. The minimum absolute atomic E-state index is 0.150. The number of hydrogen-bond donors (Lipinski definition) is 2. The van der Waals surface area contributed by atoms with Crippen molar-refractivity contribution < 1.29 is 13.2 Å². The van der Waals surface area contributed by atoms with Crippen LogP contribution < -0.4 is 10.0 Å². The molecular formula is C17H26N2O3S. The highest BCUT2D eigenvalue weighted by Crippen LogP contribution is 2.18. The van der Waals surface area contributed by atoms with Gasteiger partial charge in [0.25, 0.3) is 0 Å². The molecule has 0 radical (unpaired) electrons. The van der Waals surface area contributed by atoms with Gasteiger partial charge in [-0.1, -0.05) is 18.2 Å². The molecule has 0 bridgehead atoms. The Kier molecular flexibility index (Phi) is 5.84. The lowest BCUT2D eigenvalue weighted by Crippen LogP contribution is -2.41. The number of benzene rings is 1. The number of allylic oxidation sites excluding steroid dienone is 1. The molecule has 0 spiro atoms. The number of ether oxygens (including phenoxy) is 1. The Hall–Kier alpha value is -1.37. The van der Waals surface area contributed by atoms with Crippen LogP contribution >= 0.6 is 0 Å². The first-order chi connectivity index (χ1) is 10.8. The van der Waals surface area contributed by atoms with Crippen molar-refractivity contribution in [2.24, 2.45) is 0 Å². The summed E-state index contributed by atoms with van der Waals surface area (Å²) in [4.78, 5) is 0.326. The molecule has 6 heteroatoms. The molecule has 0 amide bonds. The SMILES string of the molecule is CC(C)(C)NS(=O)(=O)c1ccccc1CNC[C@@H]1CCC=CO1. The number of nitrogens with one attached hydrogen (secondary N) is 2. The van der Waals surface area contributed by atoms with Gasteiger partial charge in [-0.25, -0.2) is 13.1 Å². The normalized spacial score (nSPS) is 18.7. The van der Waals surface area contributed by atoms with E-state index in [0.717, 1.165) is 18.4 Å². The van der Waals surface area contributed by atoms with Gasteiger partial charge in [0, 0.05) is 18.6 Å². The standard InChI is InChI=1S/C17H26N2O3S/c1-17(2,3)19-23(20,21)16-10-5-4-8-14(16)12-18-13-15-9-6-7-11-22-15/h4-5,7-8,10-11,15,18-19H,6,9,12-13H2,1-3H3/t15-/m0/s1. The van der Waals surface area contributed by atoms with Gasteiger partial charge in [0.05, 0.1) is 11.2 Å². The van der Waals surface area contributed by atoms with Crippen LogP contribution in [0.15, 0.2) is 41.5 Å². The van der Waals surface area contributed by atoms with Crippen LogP contribution in [0.25, 0.3) is 0 Å². The van der Waals surface area contributed by atoms with Crippen molar-refractivity contribution in [3.63, 3.8) is 0 Å². The van der Waals surface area contributed by atoms with Crippen molar-refractivity contribution in [2.45, 2.75) is 56.7 Å². The van der Waals surface area contributed by atoms with Crippen LogP contribution in [-0.2, 0) is 21.3 Å². The second-order valence-electron chi connectivity index (χ2n) is 6.80. The molecule has 1 atom stereocenters. The second kappa shape index (κ2) is 7.47. The van der Waals surface area contributed by atoms with Gasteiger partial charge in [-0.2, -0.15) is 0 Å². The third kappa shape index (κ3) is 5.64. The molecule has 0 aromatic heterocycles. The smallest absolute Gasteiger partial charge is 0.241 e. The van der Waals surface area contributed by atoms with Gasteiger partial charge in [-0.05, 0) is 51.3 Å². The van der Waals surface area contributed by atoms with E-state index in [2.05, 4.69) is 10.0 Å². The van der Waals surface area contributed by atoms with Crippen LogP contribution in [0, 0.1) is 0 Å². The second-order valence-corrected chi connectivity index (χ2v) is 8.45. The Bertz CT molecular complexity index is 648. The van der Waals surface area contributed by atoms with E-state index in [1.165, 1.54) is 0 Å². The fourth-order valence-electron chi connectivity index (χ4n) is 2.47. The molecule has 0 fully saturated rings. The van der Waals surface area contributed by atoms with Crippen molar-refractivity contribution in [1.82, 2.24) is 10.0 Å². The third-order valence-electron chi connectivity index (χ3n) is 3.41. The van der Waals surface area contributed by atoms with E-state index in [1.54, 1.807) is 18.4 Å². The zero-order valence-corrected chi connectivity index (χ0v) is 14.8. The van der Waals surface area contributed by atoms with Gasteiger partial charge in [0.1, 0.15) is 6.10 Å². The van der Waals surface area contributed by atoms with Gasteiger partial charge < -0.3 is 10.1 Å². The lowest BCUT2D eigenvalue weighted by molar-refractivity contribution is 0.122. The summed E-state index contributed by atoms with van der Waals surface area (Å²) < 4.78 is 33.3. The molecule has 23 heavy (non-hydrogen) atoms. The molecule has 1 aliphatic heterocycles. The Labute approximate surface area is 139 Å². The zero-order chi connectivity index (χ0) is 16.9. The number of sulfonamides is 1. The van der Waals surface area contributed by atoms with Crippen molar-refractivity contribution in [1.29, 1.82) is 0 Å². The Morgan fingerprint density at radius 1 is 1.26 bits per heavy atom. The van der Waals surface area contributed by atoms with Crippen LogP contribution in [0.2, 0.25) is 0 Å². The van der Waals surface area contributed by atoms with Crippen molar-refractivity contribution in [3.05, 3.63) is 42.2 Å². The molecule has 1 aromatic rings. The quantitative estimate of drug-likeness (QED) is 0.836. The average molecular weight is 338 g/mol. The molecule has 0 saturated heterocycles. The molecule has 5 nitrogen and oxygen atoms in total.